The molecule has 1 saturated heterocycles. The minimum atomic E-state index is 0.352. The Bertz CT molecular complexity index is 235. The van der Waals surface area contributed by atoms with Crippen LogP contribution in [-0.4, -0.2) is 18.8 Å². The van der Waals surface area contributed by atoms with E-state index in [1.54, 1.807) is 11.3 Å². The molecule has 2 heterocycles. The Morgan fingerprint density at radius 1 is 1.67 bits per heavy atom. The maximum atomic E-state index is 5.46. The van der Waals surface area contributed by atoms with Crippen LogP contribution in [0.4, 0.5) is 5.69 Å². The van der Waals surface area contributed by atoms with Crippen molar-refractivity contribution >= 4 is 17.0 Å². The van der Waals surface area contributed by atoms with Crippen molar-refractivity contribution in [3.05, 3.63) is 16.8 Å². The first-order valence-corrected chi connectivity index (χ1v) is 5.21. The summed E-state index contributed by atoms with van der Waals surface area (Å²) in [6.07, 6.45) is 1.47. The van der Waals surface area contributed by atoms with E-state index in [0.717, 1.165) is 13.0 Å². The Balaban J connectivity index is 1.95. The lowest BCUT2D eigenvalue weighted by Gasteiger charge is -2.15. The van der Waals surface area contributed by atoms with E-state index in [9.17, 15) is 0 Å². The molecule has 0 radical (unpaired) electrons. The van der Waals surface area contributed by atoms with Crippen LogP contribution in [0, 0.1) is 0 Å². The van der Waals surface area contributed by atoms with Gasteiger partial charge in [0.25, 0.3) is 0 Å². The van der Waals surface area contributed by atoms with Crippen molar-refractivity contribution in [2.75, 3.05) is 11.9 Å². The van der Waals surface area contributed by atoms with Gasteiger partial charge in [0.05, 0.1) is 12.1 Å². The van der Waals surface area contributed by atoms with Crippen molar-refractivity contribution in [1.82, 2.24) is 0 Å². The highest BCUT2D eigenvalue weighted by atomic mass is 32.1. The molecule has 12 heavy (non-hydrogen) atoms. The van der Waals surface area contributed by atoms with Gasteiger partial charge in [-0.2, -0.15) is 11.3 Å². The molecular formula is C9H13NOS. The Hall–Kier alpha value is -0.540. The fourth-order valence-electron chi connectivity index (χ4n) is 1.48. The highest BCUT2D eigenvalue weighted by molar-refractivity contribution is 7.08. The smallest absolute Gasteiger partial charge is 0.0748 e. The predicted octanol–water partition coefficient (Wildman–Crippen LogP) is 2.34. The Morgan fingerprint density at radius 3 is 3.17 bits per heavy atom. The average molecular weight is 183 g/mol. The lowest BCUT2D eigenvalue weighted by atomic mass is 10.1. The quantitative estimate of drug-likeness (QED) is 0.760. The normalized spacial score (nSPS) is 29.1. The molecule has 1 N–H and O–H groups in total. The summed E-state index contributed by atoms with van der Waals surface area (Å²) in [5.41, 5.74) is 1.22. The zero-order chi connectivity index (χ0) is 8.39. The molecule has 2 atom stereocenters. The molecule has 0 saturated carbocycles. The fourth-order valence-corrected chi connectivity index (χ4v) is 2.08. The van der Waals surface area contributed by atoms with Crippen LogP contribution in [0.25, 0.3) is 0 Å². The number of hydrogen-bond acceptors (Lipinski definition) is 3. The number of hydrogen-bond donors (Lipinski definition) is 1. The van der Waals surface area contributed by atoms with E-state index >= 15 is 0 Å². The summed E-state index contributed by atoms with van der Waals surface area (Å²) in [6.45, 7) is 3.01. The minimum Gasteiger partial charge on any atom is -0.379 e. The van der Waals surface area contributed by atoms with E-state index < -0.39 is 0 Å². The van der Waals surface area contributed by atoms with Crippen LogP contribution in [0.3, 0.4) is 0 Å². The van der Waals surface area contributed by atoms with Gasteiger partial charge in [-0.3, -0.25) is 0 Å². The summed E-state index contributed by atoms with van der Waals surface area (Å²) in [6, 6.07) is 2.61. The van der Waals surface area contributed by atoms with Crippen LogP contribution in [0.1, 0.15) is 13.3 Å². The molecule has 1 aliphatic rings. The first-order valence-electron chi connectivity index (χ1n) is 4.26. The summed E-state index contributed by atoms with van der Waals surface area (Å²) >= 11 is 1.72. The van der Waals surface area contributed by atoms with Crippen LogP contribution in [0.15, 0.2) is 16.8 Å². The predicted molar refractivity (Wildman–Crippen MR) is 51.8 cm³/mol. The molecule has 66 valence electrons. The molecule has 1 aromatic rings. The van der Waals surface area contributed by atoms with Crippen molar-refractivity contribution in [2.45, 2.75) is 25.5 Å². The van der Waals surface area contributed by atoms with E-state index in [2.05, 4.69) is 29.1 Å². The molecule has 1 fully saturated rings. The number of anilines is 1. The van der Waals surface area contributed by atoms with E-state index in [0.29, 0.717) is 12.1 Å². The minimum absolute atomic E-state index is 0.352. The van der Waals surface area contributed by atoms with Gasteiger partial charge in [-0.15, -0.1) is 0 Å². The second kappa shape index (κ2) is 3.46. The largest absolute Gasteiger partial charge is 0.379 e. The molecule has 0 spiro atoms. The Labute approximate surface area is 76.6 Å². The zero-order valence-electron chi connectivity index (χ0n) is 7.12. The van der Waals surface area contributed by atoms with Crippen LogP contribution in [0.2, 0.25) is 0 Å². The average Bonchev–Trinajstić information content (AvgIpc) is 2.65. The van der Waals surface area contributed by atoms with E-state index in [1.807, 2.05) is 0 Å². The molecule has 0 aromatic carbocycles. The standard InChI is InChI=1S/C9H13NOS/c1-7-9(2-4-11-7)10-8-3-5-12-6-8/h3,5-7,9-10H,2,4H2,1H3. The second-order valence-electron chi connectivity index (χ2n) is 3.13. The van der Waals surface area contributed by atoms with E-state index in [-0.39, 0.29) is 0 Å². The van der Waals surface area contributed by atoms with Crippen LogP contribution < -0.4 is 5.32 Å². The van der Waals surface area contributed by atoms with Gasteiger partial charge in [-0.25, -0.2) is 0 Å². The third-order valence-electron chi connectivity index (χ3n) is 2.25. The summed E-state index contributed by atoms with van der Waals surface area (Å²) in [5, 5.41) is 7.67. The molecular weight excluding hydrogens is 170 g/mol. The van der Waals surface area contributed by atoms with E-state index in [1.165, 1.54) is 5.69 Å². The molecule has 2 rings (SSSR count). The lowest BCUT2D eigenvalue weighted by Crippen LogP contribution is -2.26. The highest BCUT2D eigenvalue weighted by Crippen LogP contribution is 2.20. The summed E-state index contributed by atoms with van der Waals surface area (Å²) in [7, 11) is 0. The maximum Gasteiger partial charge on any atom is 0.0748 e. The van der Waals surface area contributed by atoms with Crippen molar-refractivity contribution in [3.8, 4) is 0 Å². The topological polar surface area (TPSA) is 21.3 Å². The molecule has 1 aliphatic heterocycles. The molecule has 2 nitrogen and oxygen atoms in total. The van der Waals surface area contributed by atoms with Crippen molar-refractivity contribution in [3.63, 3.8) is 0 Å². The Morgan fingerprint density at radius 2 is 2.58 bits per heavy atom. The monoisotopic (exact) mass is 183 g/mol. The first kappa shape index (κ1) is 8.08. The molecule has 0 bridgehead atoms. The third kappa shape index (κ3) is 1.62. The first-order chi connectivity index (χ1) is 5.86. The van der Waals surface area contributed by atoms with Gasteiger partial charge >= 0.3 is 0 Å². The van der Waals surface area contributed by atoms with E-state index in [4.69, 9.17) is 4.74 Å². The fraction of sp³-hybridized carbons (Fsp3) is 0.556. The van der Waals surface area contributed by atoms with Gasteiger partial charge < -0.3 is 10.1 Å². The number of rotatable bonds is 2. The van der Waals surface area contributed by atoms with Gasteiger partial charge in [0, 0.05) is 17.7 Å². The van der Waals surface area contributed by atoms with Crippen LogP contribution in [0.5, 0.6) is 0 Å². The number of thiophene rings is 1. The summed E-state index contributed by atoms with van der Waals surface area (Å²) < 4.78 is 5.46. The van der Waals surface area contributed by atoms with Crippen molar-refractivity contribution in [1.29, 1.82) is 0 Å². The van der Waals surface area contributed by atoms with Crippen LogP contribution >= 0.6 is 11.3 Å². The molecule has 2 unspecified atom stereocenters. The van der Waals surface area contributed by atoms with Gasteiger partial charge in [-0.05, 0) is 24.8 Å². The van der Waals surface area contributed by atoms with Crippen molar-refractivity contribution < 1.29 is 4.74 Å². The van der Waals surface area contributed by atoms with Gasteiger partial charge in [0.2, 0.25) is 0 Å². The molecule has 0 aliphatic carbocycles. The van der Waals surface area contributed by atoms with Crippen molar-refractivity contribution in [2.24, 2.45) is 0 Å². The highest BCUT2D eigenvalue weighted by Gasteiger charge is 2.23. The third-order valence-corrected chi connectivity index (χ3v) is 2.93. The zero-order valence-corrected chi connectivity index (χ0v) is 7.93. The van der Waals surface area contributed by atoms with Gasteiger partial charge in [0.15, 0.2) is 0 Å². The van der Waals surface area contributed by atoms with Gasteiger partial charge in [0.1, 0.15) is 0 Å². The maximum absolute atomic E-state index is 5.46. The Kier molecular flexibility index (Phi) is 2.33. The molecule has 1 aromatic heterocycles. The second-order valence-corrected chi connectivity index (χ2v) is 3.91. The lowest BCUT2D eigenvalue weighted by molar-refractivity contribution is 0.121. The molecule has 0 amide bonds. The number of nitrogens with one attached hydrogen (secondary N) is 1. The SMILES string of the molecule is CC1OCCC1Nc1ccsc1. The van der Waals surface area contributed by atoms with Gasteiger partial charge in [-0.1, -0.05) is 0 Å². The molecule has 3 heteroatoms. The van der Waals surface area contributed by atoms with Crippen LogP contribution in [-0.2, 0) is 4.74 Å². The summed E-state index contributed by atoms with van der Waals surface area (Å²) in [5.74, 6) is 0. The summed E-state index contributed by atoms with van der Waals surface area (Å²) in [4.78, 5) is 0. The number of ether oxygens (including phenoxy) is 1.